The first-order valence-corrected chi connectivity index (χ1v) is 9.24. The highest BCUT2D eigenvalue weighted by atomic mass is 35.5. The molecule has 0 fully saturated rings. The molecular weight excluding hydrogens is 358 g/mol. The highest BCUT2D eigenvalue weighted by Crippen LogP contribution is 2.44. The van der Waals surface area contributed by atoms with E-state index in [9.17, 15) is 0 Å². The first-order chi connectivity index (χ1) is 10.7. The van der Waals surface area contributed by atoms with Crippen molar-refractivity contribution in [1.29, 1.82) is 0 Å². The van der Waals surface area contributed by atoms with Crippen molar-refractivity contribution in [3.05, 3.63) is 45.6 Å². The molecule has 3 heterocycles. The van der Waals surface area contributed by atoms with Gasteiger partial charge in [0.25, 0.3) is 4.99 Å². The summed E-state index contributed by atoms with van der Waals surface area (Å²) in [5, 5.41) is 18.5. The fourth-order valence-corrected chi connectivity index (χ4v) is 5.56. The van der Waals surface area contributed by atoms with Gasteiger partial charge in [0.2, 0.25) is 0 Å². The van der Waals surface area contributed by atoms with Gasteiger partial charge in [-0.15, -0.1) is 32.9 Å². The Bertz CT molecular complexity index is 859. The minimum absolute atomic E-state index is 0.645. The summed E-state index contributed by atoms with van der Waals surface area (Å²) in [7, 11) is 0. The summed E-state index contributed by atoms with van der Waals surface area (Å²) < 4.78 is 1.91. The topological polar surface area (TPSA) is 62.3 Å². The fraction of sp³-hybridized carbons (Fsp3) is 0.154. The van der Waals surface area contributed by atoms with Crippen LogP contribution >= 0.6 is 46.0 Å². The molecule has 0 unspecified atom stereocenters. The number of hydrogen-bond acceptors (Lipinski definition) is 8. The molecule has 9 heteroatoms. The number of hydrogen-bond donors (Lipinski definition) is 0. The SMILES string of the molecule is Clc1cccc2sc(SC3(Cc4cccs4)N=NN=N3)nc12. The van der Waals surface area contributed by atoms with Gasteiger partial charge in [0, 0.05) is 11.3 Å². The second kappa shape index (κ2) is 5.69. The van der Waals surface area contributed by atoms with Gasteiger partial charge in [-0.2, -0.15) is 0 Å². The Balaban J connectivity index is 1.68. The normalized spacial score (nSPS) is 15.9. The van der Waals surface area contributed by atoms with Crippen LogP contribution in [-0.4, -0.2) is 9.98 Å². The van der Waals surface area contributed by atoms with Crippen LogP contribution in [0.3, 0.4) is 0 Å². The predicted octanol–water partition coefficient (Wildman–Crippen LogP) is 5.83. The molecule has 2 aromatic heterocycles. The number of rotatable bonds is 4. The number of thiophene rings is 1. The summed E-state index contributed by atoms with van der Waals surface area (Å²) in [5.41, 5.74) is 0.815. The quantitative estimate of drug-likeness (QED) is 0.583. The van der Waals surface area contributed by atoms with E-state index >= 15 is 0 Å². The summed E-state index contributed by atoms with van der Waals surface area (Å²) in [6, 6.07) is 9.85. The predicted molar refractivity (Wildman–Crippen MR) is 91.0 cm³/mol. The molecule has 0 amide bonds. The van der Waals surface area contributed by atoms with Gasteiger partial charge in [-0.3, -0.25) is 0 Å². The summed E-state index contributed by atoms with van der Waals surface area (Å²) in [5.74, 6) is 0. The molecule has 0 aliphatic carbocycles. The van der Waals surface area contributed by atoms with E-state index in [1.54, 1.807) is 22.7 Å². The van der Waals surface area contributed by atoms with Crippen LogP contribution in [0.2, 0.25) is 5.02 Å². The molecule has 0 bridgehead atoms. The van der Waals surface area contributed by atoms with Crippen LogP contribution in [0, 0.1) is 0 Å². The van der Waals surface area contributed by atoms with Crippen LogP contribution in [0.1, 0.15) is 4.88 Å². The van der Waals surface area contributed by atoms with Gasteiger partial charge in [0.1, 0.15) is 5.52 Å². The zero-order valence-corrected chi connectivity index (χ0v) is 14.2. The number of thioether (sulfide) groups is 1. The summed E-state index contributed by atoms with van der Waals surface area (Å²) in [4.78, 5) is 5.03. The van der Waals surface area contributed by atoms with E-state index in [2.05, 4.69) is 31.7 Å². The Kier molecular flexibility index (Phi) is 3.69. The maximum atomic E-state index is 6.19. The molecular formula is C13H8ClN5S3. The highest BCUT2D eigenvalue weighted by molar-refractivity contribution is 8.02. The van der Waals surface area contributed by atoms with E-state index in [0.29, 0.717) is 11.4 Å². The maximum absolute atomic E-state index is 6.19. The lowest BCUT2D eigenvalue weighted by Gasteiger charge is -2.16. The molecule has 0 spiro atoms. The third-order valence-electron chi connectivity index (χ3n) is 3.03. The standard InChI is InChI=1S/C13H8ClN5S3/c14-9-4-1-5-10-11(9)15-12(21-10)22-13(16-18-19-17-13)7-8-3-2-6-20-8/h1-6H,7H2. The Morgan fingerprint density at radius 3 is 2.73 bits per heavy atom. The van der Waals surface area contributed by atoms with Crippen LogP contribution in [0.4, 0.5) is 0 Å². The first kappa shape index (κ1) is 14.3. The van der Waals surface area contributed by atoms with Crippen LogP contribution in [0.25, 0.3) is 10.2 Å². The number of para-hydroxylation sites is 1. The average molecular weight is 366 g/mol. The van der Waals surface area contributed by atoms with Crippen molar-refractivity contribution in [2.75, 3.05) is 0 Å². The minimum atomic E-state index is -0.759. The lowest BCUT2D eigenvalue weighted by atomic mass is 10.3. The Morgan fingerprint density at radius 1 is 1.14 bits per heavy atom. The van der Waals surface area contributed by atoms with Crippen molar-refractivity contribution in [2.45, 2.75) is 15.8 Å². The van der Waals surface area contributed by atoms with E-state index in [4.69, 9.17) is 11.6 Å². The number of fused-ring (bicyclic) bond motifs is 1. The second-order valence-electron chi connectivity index (χ2n) is 4.55. The van der Waals surface area contributed by atoms with E-state index in [1.807, 2.05) is 29.6 Å². The van der Waals surface area contributed by atoms with Crippen LogP contribution in [0.15, 0.2) is 60.7 Å². The smallest absolute Gasteiger partial charge is 0.228 e. The molecule has 1 aliphatic heterocycles. The molecule has 5 nitrogen and oxygen atoms in total. The van der Waals surface area contributed by atoms with Gasteiger partial charge < -0.3 is 0 Å². The Morgan fingerprint density at radius 2 is 2.00 bits per heavy atom. The lowest BCUT2D eigenvalue weighted by molar-refractivity contribution is 0.640. The molecule has 0 saturated carbocycles. The van der Waals surface area contributed by atoms with Crippen LogP contribution < -0.4 is 0 Å². The van der Waals surface area contributed by atoms with E-state index in [1.165, 1.54) is 16.6 Å². The number of nitrogens with zero attached hydrogens (tertiary/aromatic N) is 5. The average Bonchev–Trinajstić information content (AvgIpc) is 3.21. The van der Waals surface area contributed by atoms with E-state index in [0.717, 1.165) is 14.6 Å². The number of aromatic nitrogens is 1. The van der Waals surface area contributed by atoms with Gasteiger partial charge in [0.05, 0.1) is 9.72 Å². The third kappa shape index (κ3) is 2.67. The van der Waals surface area contributed by atoms with Gasteiger partial charge in [-0.25, -0.2) is 4.98 Å². The molecule has 0 N–H and O–H groups in total. The summed E-state index contributed by atoms with van der Waals surface area (Å²) in [6.45, 7) is 0. The molecule has 110 valence electrons. The molecule has 0 atom stereocenters. The van der Waals surface area contributed by atoms with E-state index < -0.39 is 4.99 Å². The first-order valence-electron chi connectivity index (χ1n) is 6.35. The van der Waals surface area contributed by atoms with Crippen molar-refractivity contribution in [1.82, 2.24) is 4.98 Å². The monoisotopic (exact) mass is 365 g/mol. The lowest BCUT2D eigenvalue weighted by Crippen LogP contribution is -2.19. The van der Waals surface area contributed by atoms with Gasteiger partial charge in [-0.1, -0.05) is 23.7 Å². The molecule has 1 aliphatic rings. The van der Waals surface area contributed by atoms with Crippen molar-refractivity contribution in [3.8, 4) is 0 Å². The molecule has 1 aromatic carbocycles. The summed E-state index contributed by atoms with van der Waals surface area (Å²) >= 11 is 10.9. The zero-order valence-electron chi connectivity index (χ0n) is 11.0. The Hall–Kier alpha value is -1.35. The van der Waals surface area contributed by atoms with Gasteiger partial charge in [0.15, 0.2) is 4.34 Å². The van der Waals surface area contributed by atoms with Gasteiger partial charge in [-0.05, 0) is 45.8 Å². The highest BCUT2D eigenvalue weighted by Gasteiger charge is 2.36. The minimum Gasteiger partial charge on any atom is -0.228 e. The van der Waals surface area contributed by atoms with Crippen molar-refractivity contribution in [2.24, 2.45) is 20.7 Å². The Labute approximate surface area is 143 Å². The fourth-order valence-electron chi connectivity index (χ4n) is 2.07. The number of halogens is 1. The molecule has 0 saturated heterocycles. The second-order valence-corrected chi connectivity index (χ2v) is 8.52. The maximum Gasteiger partial charge on any atom is 0.251 e. The third-order valence-corrected chi connectivity index (χ3v) is 6.42. The van der Waals surface area contributed by atoms with Gasteiger partial charge >= 0.3 is 0 Å². The largest absolute Gasteiger partial charge is 0.251 e. The zero-order chi connectivity index (χ0) is 15.0. The molecule has 0 radical (unpaired) electrons. The molecule has 22 heavy (non-hydrogen) atoms. The summed E-state index contributed by atoms with van der Waals surface area (Å²) in [6.07, 6.45) is 0.645. The number of benzene rings is 1. The number of thiazole rings is 1. The van der Waals surface area contributed by atoms with Crippen molar-refractivity contribution < 1.29 is 0 Å². The van der Waals surface area contributed by atoms with Crippen LogP contribution in [0.5, 0.6) is 0 Å². The molecule has 4 rings (SSSR count). The van der Waals surface area contributed by atoms with Crippen molar-refractivity contribution >= 4 is 56.3 Å². The van der Waals surface area contributed by atoms with E-state index in [-0.39, 0.29) is 0 Å². The molecule has 3 aromatic rings. The van der Waals surface area contributed by atoms with Crippen LogP contribution in [-0.2, 0) is 6.42 Å². The van der Waals surface area contributed by atoms with Crippen molar-refractivity contribution in [3.63, 3.8) is 0 Å².